The van der Waals surface area contributed by atoms with Crippen LogP contribution in [0.25, 0.3) is 10.9 Å². The molecule has 1 aromatic heterocycles. The normalized spacial score (nSPS) is 20.5. The fraction of sp³-hybridized carbons (Fsp3) is 0.407. The molecule has 1 aliphatic heterocycles. The van der Waals surface area contributed by atoms with Crippen LogP contribution >= 0.6 is 0 Å². The Bertz CT molecular complexity index is 1170. The molecule has 3 aromatic rings. The molecular weight excluding hydrogens is 416 g/mol. The Labute approximate surface area is 195 Å². The molecule has 4 rings (SSSR count). The van der Waals surface area contributed by atoms with Gasteiger partial charge in [0.15, 0.2) is 0 Å². The smallest absolute Gasteiger partial charge is 0.419 e. The van der Waals surface area contributed by atoms with Crippen molar-refractivity contribution in [2.45, 2.75) is 71.4 Å². The Hall–Kier alpha value is -3.12. The summed E-state index contributed by atoms with van der Waals surface area (Å²) in [5.41, 5.74) is 1.35. The zero-order valence-corrected chi connectivity index (χ0v) is 20.2. The van der Waals surface area contributed by atoms with E-state index < -0.39 is 23.3 Å². The summed E-state index contributed by atoms with van der Waals surface area (Å²) in [5, 5.41) is 0.924. The molecule has 174 valence electrons. The number of aromatic nitrogens is 1. The molecule has 2 aromatic carbocycles. The minimum absolute atomic E-state index is 0.288. The topological polar surface area (TPSA) is 60.5 Å². The molecule has 0 bridgehead atoms. The van der Waals surface area contributed by atoms with Gasteiger partial charge in [0.05, 0.1) is 11.6 Å². The van der Waals surface area contributed by atoms with E-state index in [-0.39, 0.29) is 12.0 Å². The van der Waals surface area contributed by atoms with E-state index in [9.17, 15) is 9.59 Å². The number of para-hydroxylation sites is 1. The van der Waals surface area contributed by atoms with Crippen molar-refractivity contribution in [1.29, 1.82) is 0 Å². The van der Waals surface area contributed by atoms with Gasteiger partial charge in [-0.1, -0.05) is 48.5 Å². The van der Waals surface area contributed by atoms with Crippen LogP contribution in [0.15, 0.2) is 60.7 Å². The third-order valence-electron chi connectivity index (χ3n) is 5.40. The van der Waals surface area contributed by atoms with Gasteiger partial charge in [0, 0.05) is 17.6 Å². The number of hydrogen-bond acceptors (Lipinski definition) is 5. The van der Waals surface area contributed by atoms with Gasteiger partial charge in [-0.15, -0.1) is 0 Å². The Morgan fingerprint density at radius 3 is 2.09 bits per heavy atom. The van der Waals surface area contributed by atoms with Crippen molar-refractivity contribution < 1.29 is 19.1 Å². The minimum atomic E-state index is -0.641. The molecule has 1 unspecified atom stereocenters. The van der Waals surface area contributed by atoms with Crippen molar-refractivity contribution in [2.24, 2.45) is 0 Å². The van der Waals surface area contributed by atoms with Gasteiger partial charge >= 0.3 is 12.1 Å². The van der Waals surface area contributed by atoms with Crippen molar-refractivity contribution in [3.8, 4) is 0 Å². The van der Waals surface area contributed by atoms with E-state index in [1.807, 2.05) is 102 Å². The van der Waals surface area contributed by atoms with Gasteiger partial charge in [-0.25, -0.2) is 9.36 Å². The molecule has 3 atom stereocenters. The fourth-order valence-corrected chi connectivity index (χ4v) is 4.13. The van der Waals surface area contributed by atoms with Gasteiger partial charge in [-0.2, -0.15) is 0 Å². The van der Waals surface area contributed by atoms with Crippen LogP contribution < -0.4 is 0 Å². The zero-order chi connectivity index (χ0) is 24.0. The van der Waals surface area contributed by atoms with Gasteiger partial charge in [-0.05, 0) is 59.2 Å². The maximum Gasteiger partial charge on any atom is 0.419 e. The third-order valence-corrected chi connectivity index (χ3v) is 5.40. The molecule has 0 aliphatic carbocycles. The van der Waals surface area contributed by atoms with E-state index >= 15 is 0 Å². The lowest BCUT2D eigenvalue weighted by atomic mass is 10.2. The first-order valence-corrected chi connectivity index (χ1v) is 11.3. The van der Waals surface area contributed by atoms with E-state index in [1.165, 1.54) is 0 Å². The zero-order valence-electron chi connectivity index (χ0n) is 20.2. The summed E-state index contributed by atoms with van der Waals surface area (Å²) in [5.74, 6) is -0.288. The van der Waals surface area contributed by atoms with Crippen LogP contribution in [0.5, 0.6) is 0 Å². The number of hydrogen-bond donors (Lipinski definition) is 0. The first-order chi connectivity index (χ1) is 15.4. The van der Waals surface area contributed by atoms with E-state index in [2.05, 4.69) is 4.90 Å². The Morgan fingerprint density at radius 2 is 1.45 bits per heavy atom. The molecule has 0 saturated carbocycles. The highest BCUT2D eigenvalue weighted by atomic mass is 16.6. The molecule has 0 amide bonds. The maximum absolute atomic E-state index is 13.3. The number of benzene rings is 2. The van der Waals surface area contributed by atoms with E-state index in [1.54, 1.807) is 4.57 Å². The Balaban J connectivity index is 1.75. The molecule has 6 heteroatoms. The van der Waals surface area contributed by atoms with Crippen LogP contribution in [0.1, 0.15) is 58.8 Å². The van der Waals surface area contributed by atoms with E-state index in [4.69, 9.17) is 9.47 Å². The summed E-state index contributed by atoms with van der Waals surface area (Å²) in [4.78, 5) is 28.5. The summed E-state index contributed by atoms with van der Waals surface area (Å²) >= 11 is 0. The molecule has 2 heterocycles. The van der Waals surface area contributed by atoms with Crippen LogP contribution in [-0.4, -0.2) is 38.8 Å². The number of esters is 1. The lowest BCUT2D eigenvalue weighted by molar-refractivity contribution is -0.155. The number of carbonyl (C=O) groups is 2. The van der Waals surface area contributed by atoms with Crippen molar-refractivity contribution in [2.75, 3.05) is 0 Å². The molecule has 1 aliphatic rings. The number of rotatable bonds is 4. The molecule has 0 spiro atoms. The summed E-state index contributed by atoms with van der Waals surface area (Å²) < 4.78 is 13.1. The summed E-state index contributed by atoms with van der Waals surface area (Å²) in [6, 6.07) is 18.9. The van der Waals surface area contributed by atoms with E-state index in [0.29, 0.717) is 6.54 Å². The summed E-state index contributed by atoms with van der Waals surface area (Å²) in [6.07, 6.45) is -0.451. The SMILES string of the molecule is CC(C)(C)OC(=O)[C@H]1[C@@H](c2cc3ccccc3n2C(=O)OC(C)(C)C)N1Cc1ccccc1. The lowest BCUT2D eigenvalue weighted by Gasteiger charge is -2.21. The molecular formula is C27H32N2O4. The predicted molar refractivity (Wildman–Crippen MR) is 128 cm³/mol. The van der Waals surface area contributed by atoms with E-state index in [0.717, 1.165) is 22.2 Å². The lowest BCUT2D eigenvalue weighted by Crippen LogP contribution is -2.29. The second kappa shape index (κ2) is 8.34. The highest BCUT2D eigenvalue weighted by Gasteiger charge is 2.56. The highest BCUT2D eigenvalue weighted by Crippen LogP contribution is 2.47. The van der Waals surface area contributed by atoms with Gasteiger partial charge in [0.2, 0.25) is 0 Å². The average Bonchev–Trinajstić information content (AvgIpc) is 3.26. The number of fused-ring (bicyclic) bond motifs is 1. The Kier molecular flexibility index (Phi) is 5.83. The van der Waals surface area contributed by atoms with Crippen molar-refractivity contribution >= 4 is 23.0 Å². The first-order valence-electron chi connectivity index (χ1n) is 11.3. The highest BCUT2D eigenvalue weighted by molar-refractivity contribution is 5.92. The number of nitrogens with zero attached hydrogens (tertiary/aromatic N) is 2. The fourth-order valence-electron chi connectivity index (χ4n) is 4.13. The van der Waals surface area contributed by atoms with Gasteiger partial charge in [0.25, 0.3) is 0 Å². The van der Waals surface area contributed by atoms with Gasteiger partial charge < -0.3 is 9.47 Å². The third kappa shape index (κ3) is 5.11. The number of carbonyl (C=O) groups excluding carboxylic acids is 2. The minimum Gasteiger partial charge on any atom is -0.459 e. The second-order valence-corrected chi connectivity index (χ2v) is 10.5. The standard InChI is InChI=1S/C27H32N2O4/c1-26(2,3)32-24(30)23-22(28(23)17-18-12-8-7-9-13-18)21-16-19-14-10-11-15-20(19)29(21)25(31)33-27(4,5)6/h7-16,22-23H,17H2,1-6H3/t22-,23-,28?/m1/s1. The first kappa shape index (κ1) is 23.1. The summed E-state index contributed by atoms with van der Waals surface area (Å²) in [6.45, 7) is 11.7. The van der Waals surface area contributed by atoms with Crippen LogP contribution in [-0.2, 0) is 20.8 Å². The molecule has 1 saturated heterocycles. The van der Waals surface area contributed by atoms with Gasteiger partial charge in [-0.3, -0.25) is 9.69 Å². The van der Waals surface area contributed by atoms with Crippen molar-refractivity contribution in [3.05, 3.63) is 71.9 Å². The van der Waals surface area contributed by atoms with Crippen molar-refractivity contribution in [3.63, 3.8) is 0 Å². The molecule has 0 radical (unpaired) electrons. The number of ether oxygens (including phenoxy) is 2. The predicted octanol–water partition coefficient (Wildman–Crippen LogP) is 5.69. The van der Waals surface area contributed by atoms with Crippen LogP contribution in [0.2, 0.25) is 0 Å². The Morgan fingerprint density at radius 1 is 0.848 bits per heavy atom. The molecule has 6 nitrogen and oxygen atoms in total. The van der Waals surface area contributed by atoms with Crippen LogP contribution in [0.4, 0.5) is 4.79 Å². The molecule has 33 heavy (non-hydrogen) atoms. The van der Waals surface area contributed by atoms with Crippen LogP contribution in [0, 0.1) is 0 Å². The monoisotopic (exact) mass is 448 g/mol. The largest absolute Gasteiger partial charge is 0.459 e. The quantitative estimate of drug-likeness (QED) is 0.379. The van der Waals surface area contributed by atoms with Crippen molar-refractivity contribution in [1.82, 2.24) is 9.47 Å². The van der Waals surface area contributed by atoms with Crippen LogP contribution in [0.3, 0.4) is 0 Å². The summed E-state index contributed by atoms with van der Waals surface area (Å²) in [7, 11) is 0. The maximum atomic E-state index is 13.3. The average molecular weight is 449 g/mol. The second-order valence-electron chi connectivity index (χ2n) is 10.5. The molecule has 1 fully saturated rings. The van der Waals surface area contributed by atoms with Gasteiger partial charge in [0.1, 0.15) is 17.2 Å². The molecule has 0 N–H and O–H groups in total.